The Morgan fingerprint density at radius 2 is 1.88 bits per heavy atom. The van der Waals surface area contributed by atoms with E-state index in [4.69, 9.17) is 0 Å². The van der Waals surface area contributed by atoms with Crippen molar-refractivity contribution >= 4 is 0 Å². The van der Waals surface area contributed by atoms with E-state index in [1.54, 1.807) is 24.3 Å². The average molecular weight is 225 g/mol. The summed E-state index contributed by atoms with van der Waals surface area (Å²) in [5, 5.41) is 0. The highest BCUT2D eigenvalue weighted by Gasteiger charge is 2.34. The molecule has 0 saturated carbocycles. The first-order chi connectivity index (χ1) is 7.48. The van der Waals surface area contributed by atoms with Gasteiger partial charge in [-0.1, -0.05) is 24.3 Å². The van der Waals surface area contributed by atoms with E-state index in [9.17, 15) is 13.2 Å². The Balaban J connectivity index is 2.48. The first-order valence-corrected chi connectivity index (χ1v) is 4.55. The van der Waals surface area contributed by atoms with Gasteiger partial charge in [0.25, 0.3) is 0 Å². The Hall–Kier alpha value is -1.78. The van der Waals surface area contributed by atoms with Crippen LogP contribution in [0, 0.1) is 6.07 Å². The molecule has 0 saturated heterocycles. The number of nitrogens with zero attached hydrogens (tertiary/aromatic N) is 2. The summed E-state index contributed by atoms with van der Waals surface area (Å²) in [5.41, 5.74) is -0.241. The van der Waals surface area contributed by atoms with Gasteiger partial charge < -0.3 is 4.57 Å². The zero-order valence-corrected chi connectivity index (χ0v) is 8.42. The number of hydrogen-bond acceptors (Lipinski definition) is 1. The van der Waals surface area contributed by atoms with Crippen molar-refractivity contribution in [1.29, 1.82) is 0 Å². The van der Waals surface area contributed by atoms with Crippen LogP contribution in [0.5, 0.6) is 0 Å². The molecule has 0 spiro atoms. The second kappa shape index (κ2) is 3.66. The summed E-state index contributed by atoms with van der Waals surface area (Å²) in [7, 11) is 1.54. The van der Waals surface area contributed by atoms with Crippen molar-refractivity contribution in [1.82, 2.24) is 9.55 Å². The first kappa shape index (κ1) is 10.7. The molecule has 0 unspecified atom stereocenters. The largest absolute Gasteiger partial charge is 0.434 e. The molecule has 83 valence electrons. The van der Waals surface area contributed by atoms with Gasteiger partial charge in [-0.15, -0.1) is 0 Å². The highest BCUT2D eigenvalue weighted by atomic mass is 19.4. The lowest BCUT2D eigenvalue weighted by atomic mass is 10.2. The Labute approximate surface area is 90.4 Å². The molecule has 2 rings (SSSR count). The fraction of sp³-hybridized carbons (Fsp3) is 0.182. The van der Waals surface area contributed by atoms with Crippen molar-refractivity contribution in [3.05, 3.63) is 42.2 Å². The lowest BCUT2D eigenvalue weighted by Gasteiger charge is -2.00. The molecular weight excluding hydrogens is 217 g/mol. The number of hydrogen-bond donors (Lipinski definition) is 0. The van der Waals surface area contributed by atoms with E-state index < -0.39 is 11.9 Å². The maximum atomic E-state index is 12.4. The van der Waals surface area contributed by atoms with Crippen LogP contribution in [0.15, 0.2) is 30.5 Å². The van der Waals surface area contributed by atoms with Gasteiger partial charge >= 0.3 is 6.18 Å². The average Bonchev–Trinajstić information content (AvgIpc) is 2.61. The van der Waals surface area contributed by atoms with Crippen molar-refractivity contribution in [2.45, 2.75) is 6.18 Å². The van der Waals surface area contributed by atoms with Gasteiger partial charge in [0, 0.05) is 18.8 Å². The van der Waals surface area contributed by atoms with E-state index in [1.165, 1.54) is 11.6 Å². The fourth-order valence-corrected chi connectivity index (χ4v) is 1.41. The molecule has 1 heterocycles. The number of rotatable bonds is 1. The molecule has 1 aromatic heterocycles. The van der Waals surface area contributed by atoms with Crippen LogP contribution in [-0.2, 0) is 13.2 Å². The number of halogens is 3. The molecular formula is C11H8F3N2. The number of aromatic nitrogens is 2. The lowest BCUT2D eigenvalue weighted by Crippen LogP contribution is -2.04. The molecule has 2 nitrogen and oxygen atoms in total. The Morgan fingerprint density at radius 1 is 1.25 bits per heavy atom. The molecule has 1 aromatic carbocycles. The molecule has 0 amide bonds. The molecule has 0 fully saturated rings. The monoisotopic (exact) mass is 225 g/mol. The minimum Gasteiger partial charge on any atom is -0.333 e. The summed E-state index contributed by atoms with van der Waals surface area (Å²) >= 11 is 0. The van der Waals surface area contributed by atoms with E-state index >= 15 is 0 Å². The molecule has 2 aromatic rings. The van der Waals surface area contributed by atoms with Gasteiger partial charge in [0.15, 0.2) is 5.69 Å². The van der Waals surface area contributed by atoms with Crippen LogP contribution in [0.1, 0.15) is 5.69 Å². The van der Waals surface area contributed by atoms with Crippen molar-refractivity contribution < 1.29 is 13.2 Å². The minimum absolute atomic E-state index is 0.293. The summed E-state index contributed by atoms with van der Waals surface area (Å²) in [6.07, 6.45) is -3.43. The third kappa shape index (κ3) is 1.93. The van der Waals surface area contributed by atoms with E-state index in [0.717, 1.165) is 6.20 Å². The van der Waals surface area contributed by atoms with Crippen molar-refractivity contribution in [2.24, 2.45) is 7.05 Å². The van der Waals surface area contributed by atoms with Crippen LogP contribution < -0.4 is 0 Å². The van der Waals surface area contributed by atoms with Crippen LogP contribution >= 0.6 is 0 Å². The van der Waals surface area contributed by atoms with Gasteiger partial charge in [0.2, 0.25) is 0 Å². The molecule has 1 radical (unpaired) electrons. The zero-order chi connectivity index (χ0) is 11.8. The molecule has 0 atom stereocenters. The van der Waals surface area contributed by atoms with Gasteiger partial charge in [0.05, 0.1) is 0 Å². The quantitative estimate of drug-likeness (QED) is 0.729. The predicted octanol–water partition coefficient (Wildman–Crippen LogP) is 2.91. The summed E-state index contributed by atoms with van der Waals surface area (Å²) < 4.78 is 38.6. The van der Waals surface area contributed by atoms with Gasteiger partial charge in [-0.3, -0.25) is 0 Å². The topological polar surface area (TPSA) is 17.8 Å². The Morgan fingerprint density at radius 3 is 2.38 bits per heavy atom. The second-order valence-corrected chi connectivity index (χ2v) is 3.35. The van der Waals surface area contributed by atoms with E-state index in [2.05, 4.69) is 11.1 Å². The summed E-state index contributed by atoms with van der Waals surface area (Å²) in [6, 6.07) is 9.41. The van der Waals surface area contributed by atoms with Gasteiger partial charge in [-0.2, -0.15) is 13.2 Å². The van der Waals surface area contributed by atoms with Crippen molar-refractivity contribution in [3.8, 4) is 11.4 Å². The third-order valence-corrected chi connectivity index (χ3v) is 2.14. The Kier molecular flexibility index (Phi) is 2.46. The number of aryl methyl sites for hydroxylation is 1. The highest BCUT2D eigenvalue weighted by Crippen LogP contribution is 2.30. The molecule has 0 aliphatic rings. The van der Waals surface area contributed by atoms with Gasteiger partial charge in [-0.25, -0.2) is 4.98 Å². The summed E-state index contributed by atoms with van der Waals surface area (Å²) in [6.45, 7) is 0. The molecule has 5 heteroatoms. The molecule has 0 bridgehead atoms. The molecule has 0 aliphatic carbocycles. The van der Waals surface area contributed by atoms with E-state index in [0.29, 0.717) is 11.4 Å². The second-order valence-electron chi connectivity index (χ2n) is 3.35. The minimum atomic E-state index is -4.41. The smallest absolute Gasteiger partial charge is 0.333 e. The summed E-state index contributed by atoms with van der Waals surface area (Å²) in [4.78, 5) is 3.58. The van der Waals surface area contributed by atoms with Crippen LogP contribution in [0.25, 0.3) is 11.4 Å². The van der Waals surface area contributed by atoms with Crippen LogP contribution in [-0.4, -0.2) is 9.55 Å². The zero-order valence-electron chi connectivity index (χ0n) is 8.42. The van der Waals surface area contributed by atoms with Crippen molar-refractivity contribution in [2.75, 3.05) is 0 Å². The lowest BCUT2D eigenvalue weighted by molar-refractivity contribution is -0.140. The van der Waals surface area contributed by atoms with Gasteiger partial charge in [0.1, 0.15) is 5.82 Å². The molecule has 0 N–H and O–H groups in total. The van der Waals surface area contributed by atoms with Crippen LogP contribution in [0.3, 0.4) is 0 Å². The maximum Gasteiger partial charge on any atom is 0.434 e. The van der Waals surface area contributed by atoms with Crippen LogP contribution in [0.2, 0.25) is 0 Å². The highest BCUT2D eigenvalue weighted by molar-refractivity contribution is 5.55. The number of alkyl halides is 3. The SMILES string of the molecule is Cn1cc(C(F)(F)F)nc1-c1cc[c]cc1. The fourth-order valence-electron chi connectivity index (χ4n) is 1.41. The third-order valence-electron chi connectivity index (χ3n) is 2.14. The van der Waals surface area contributed by atoms with Crippen LogP contribution in [0.4, 0.5) is 13.2 Å². The maximum absolute atomic E-state index is 12.4. The van der Waals surface area contributed by atoms with E-state index in [-0.39, 0.29) is 0 Å². The standard InChI is InChI=1S/C11H8F3N2/c1-16-7-9(11(12,13)14)15-10(16)8-5-3-2-4-6-8/h3-7H,1H3. The number of imidazole rings is 1. The normalized spacial score (nSPS) is 11.8. The van der Waals surface area contributed by atoms with Gasteiger partial charge in [-0.05, 0) is 6.07 Å². The van der Waals surface area contributed by atoms with Crippen molar-refractivity contribution in [3.63, 3.8) is 0 Å². The summed E-state index contributed by atoms with van der Waals surface area (Å²) in [5.74, 6) is 0.293. The van der Waals surface area contributed by atoms with E-state index in [1.807, 2.05) is 0 Å². The predicted molar refractivity (Wildman–Crippen MR) is 52.5 cm³/mol. The first-order valence-electron chi connectivity index (χ1n) is 4.55. The number of benzene rings is 1. The molecule has 16 heavy (non-hydrogen) atoms. The Bertz CT molecular complexity index is 486. The molecule has 0 aliphatic heterocycles.